The maximum atomic E-state index is 12.1. The van der Waals surface area contributed by atoms with Gasteiger partial charge in [-0.05, 0) is 51.2 Å². The van der Waals surface area contributed by atoms with Crippen LogP contribution in [0, 0.1) is 5.92 Å². The van der Waals surface area contributed by atoms with E-state index in [1.165, 1.54) is 12.8 Å². The Labute approximate surface area is 117 Å². The molecule has 0 unspecified atom stereocenters. The number of likely N-dealkylation sites (tertiary alicyclic amines) is 1. The normalized spacial score (nSPS) is 21.1. The molecular weight excluding hydrogens is 238 g/mol. The van der Waals surface area contributed by atoms with Crippen molar-refractivity contribution in [2.45, 2.75) is 45.6 Å². The summed E-state index contributed by atoms with van der Waals surface area (Å²) in [6.07, 6.45) is 4.96. The smallest absolute Gasteiger partial charge is 0.236 e. The van der Waals surface area contributed by atoms with Crippen LogP contribution in [0.4, 0.5) is 0 Å². The summed E-state index contributed by atoms with van der Waals surface area (Å²) >= 11 is 0. The first-order chi connectivity index (χ1) is 9.24. The van der Waals surface area contributed by atoms with Crippen LogP contribution < -0.4 is 5.32 Å². The van der Waals surface area contributed by atoms with Crippen LogP contribution in [0.25, 0.3) is 0 Å². The Kier molecular flexibility index (Phi) is 5.64. The zero-order chi connectivity index (χ0) is 13.7. The van der Waals surface area contributed by atoms with Crippen molar-refractivity contribution in [1.29, 1.82) is 0 Å². The number of carbonyl (C=O) groups excluding carboxylic acids is 1. The average molecular weight is 267 g/mol. The second kappa shape index (κ2) is 7.25. The van der Waals surface area contributed by atoms with Gasteiger partial charge in [0, 0.05) is 19.1 Å². The summed E-state index contributed by atoms with van der Waals surface area (Å²) in [6.45, 7) is 10.1. The Hall–Kier alpha value is -0.610. The van der Waals surface area contributed by atoms with Gasteiger partial charge in [-0.15, -0.1) is 0 Å². The summed E-state index contributed by atoms with van der Waals surface area (Å²) in [7, 11) is 0. The molecule has 2 fully saturated rings. The SMILES string of the molecule is CCN(CC)C1CCN(C(=O)CNCC2CC2)CC1. The molecule has 2 aliphatic rings. The maximum Gasteiger partial charge on any atom is 0.236 e. The highest BCUT2D eigenvalue weighted by atomic mass is 16.2. The van der Waals surface area contributed by atoms with Gasteiger partial charge < -0.3 is 15.1 Å². The van der Waals surface area contributed by atoms with E-state index in [4.69, 9.17) is 0 Å². The van der Waals surface area contributed by atoms with Crippen LogP contribution in [-0.4, -0.2) is 61.0 Å². The van der Waals surface area contributed by atoms with E-state index in [1.54, 1.807) is 0 Å². The Morgan fingerprint density at radius 2 is 1.79 bits per heavy atom. The quantitative estimate of drug-likeness (QED) is 0.755. The van der Waals surface area contributed by atoms with E-state index in [2.05, 4.69) is 24.1 Å². The molecule has 0 aromatic heterocycles. The molecule has 1 heterocycles. The molecule has 4 nitrogen and oxygen atoms in total. The third-order valence-corrected chi connectivity index (χ3v) is 4.55. The van der Waals surface area contributed by atoms with Gasteiger partial charge in [-0.1, -0.05) is 13.8 Å². The minimum atomic E-state index is 0.290. The predicted molar refractivity (Wildman–Crippen MR) is 78.1 cm³/mol. The van der Waals surface area contributed by atoms with Gasteiger partial charge in [0.25, 0.3) is 0 Å². The topological polar surface area (TPSA) is 35.6 Å². The number of carbonyl (C=O) groups is 1. The molecule has 0 atom stereocenters. The molecule has 0 aromatic rings. The molecule has 0 aromatic carbocycles. The van der Waals surface area contributed by atoms with Gasteiger partial charge in [0.15, 0.2) is 0 Å². The molecule has 1 saturated carbocycles. The molecule has 0 spiro atoms. The van der Waals surface area contributed by atoms with Crippen LogP contribution in [0.2, 0.25) is 0 Å². The second-order valence-electron chi connectivity index (χ2n) is 5.91. The Morgan fingerprint density at radius 1 is 1.16 bits per heavy atom. The van der Waals surface area contributed by atoms with Gasteiger partial charge in [0.05, 0.1) is 6.54 Å². The number of rotatable bonds is 7. The molecule has 2 rings (SSSR count). The van der Waals surface area contributed by atoms with Crippen LogP contribution in [0.3, 0.4) is 0 Å². The first kappa shape index (κ1) is 14.8. The summed E-state index contributed by atoms with van der Waals surface area (Å²) in [5.41, 5.74) is 0. The summed E-state index contributed by atoms with van der Waals surface area (Å²) in [5.74, 6) is 1.14. The van der Waals surface area contributed by atoms with Crippen molar-refractivity contribution in [3.8, 4) is 0 Å². The van der Waals surface area contributed by atoms with Crippen molar-refractivity contribution in [3.05, 3.63) is 0 Å². The molecule has 110 valence electrons. The number of nitrogens with one attached hydrogen (secondary N) is 1. The first-order valence-corrected chi connectivity index (χ1v) is 7.97. The summed E-state index contributed by atoms with van der Waals surface area (Å²) in [6, 6.07) is 0.679. The Balaban J connectivity index is 1.65. The number of piperidine rings is 1. The van der Waals surface area contributed by atoms with Crippen LogP contribution in [0.1, 0.15) is 39.5 Å². The van der Waals surface area contributed by atoms with E-state index < -0.39 is 0 Å². The molecule has 4 heteroatoms. The van der Waals surface area contributed by atoms with E-state index in [9.17, 15) is 4.79 Å². The zero-order valence-corrected chi connectivity index (χ0v) is 12.5. The number of amides is 1. The van der Waals surface area contributed by atoms with Gasteiger partial charge in [0.2, 0.25) is 5.91 Å². The van der Waals surface area contributed by atoms with Gasteiger partial charge in [-0.2, -0.15) is 0 Å². The highest BCUT2D eigenvalue weighted by molar-refractivity contribution is 5.78. The Morgan fingerprint density at radius 3 is 2.32 bits per heavy atom. The van der Waals surface area contributed by atoms with Crippen LogP contribution >= 0.6 is 0 Å². The lowest BCUT2D eigenvalue weighted by Crippen LogP contribution is -2.48. The first-order valence-electron chi connectivity index (χ1n) is 7.97. The molecule has 0 radical (unpaired) electrons. The predicted octanol–water partition coefficient (Wildman–Crippen LogP) is 1.32. The number of hydrogen-bond acceptors (Lipinski definition) is 3. The van der Waals surface area contributed by atoms with Crippen molar-refractivity contribution in [2.75, 3.05) is 39.3 Å². The average Bonchev–Trinajstić information content (AvgIpc) is 3.25. The molecule has 19 heavy (non-hydrogen) atoms. The van der Waals surface area contributed by atoms with Crippen LogP contribution in [-0.2, 0) is 4.79 Å². The van der Waals surface area contributed by atoms with Crippen molar-refractivity contribution < 1.29 is 4.79 Å². The number of nitrogens with zero attached hydrogens (tertiary/aromatic N) is 2. The van der Waals surface area contributed by atoms with Crippen LogP contribution in [0.5, 0.6) is 0 Å². The maximum absolute atomic E-state index is 12.1. The van der Waals surface area contributed by atoms with E-state index in [0.717, 1.165) is 51.5 Å². The van der Waals surface area contributed by atoms with Gasteiger partial charge in [-0.3, -0.25) is 4.79 Å². The molecule has 1 aliphatic heterocycles. The lowest BCUT2D eigenvalue weighted by molar-refractivity contribution is -0.131. The molecule has 1 aliphatic carbocycles. The molecule has 0 bridgehead atoms. The fourth-order valence-electron chi connectivity index (χ4n) is 3.04. The standard InChI is InChI=1S/C15H29N3O/c1-3-17(4-2)14-7-9-18(10-8-14)15(19)12-16-11-13-5-6-13/h13-14,16H,3-12H2,1-2H3. The van der Waals surface area contributed by atoms with Gasteiger partial charge in [-0.25, -0.2) is 0 Å². The largest absolute Gasteiger partial charge is 0.341 e. The van der Waals surface area contributed by atoms with Gasteiger partial charge >= 0.3 is 0 Å². The molecular formula is C15H29N3O. The van der Waals surface area contributed by atoms with E-state index in [1.807, 2.05) is 4.90 Å². The number of hydrogen-bond donors (Lipinski definition) is 1. The van der Waals surface area contributed by atoms with E-state index in [-0.39, 0.29) is 0 Å². The molecule has 1 saturated heterocycles. The zero-order valence-electron chi connectivity index (χ0n) is 12.5. The Bertz CT molecular complexity index is 279. The molecule has 1 N–H and O–H groups in total. The highest BCUT2D eigenvalue weighted by Gasteiger charge is 2.26. The molecule has 1 amide bonds. The highest BCUT2D eigenvalue weighted by Crippen LogP contribution is 2.27. The van der Waals surface area contributed by atoms with Crippen LogP contribution in [0.15, 0.2) is 0 Å². The van der Waals surface area contributed by atoms with Crippen molar-refractivity contribution in [3.63, 3.8) is 0 Å². The van der Waals surface area contributed by atoms with E-state index >= 15 is 0 Å². The fourth-order valence-corrected chi connectivity index (χ4v) is 3.04. The third-order valence-electron chi connectivity index (χ3n) is 4.55. The second-order valence-corrected chi connectivity index (χ2v) is 5.91. The monoisotopic (exact) mass is 267 g/mol. The van der Waals surface area contributed by atoms with E-state index in [0.29, 0.717) is 18.5 Å². The summed E-state index contributed by atoms with van der Waals surface area (Å²) in [5, 5.41) is 3.30. The summed E-state index contributed by atoms with van der Waals surface area (Å²) in [4.78, 5) is 16.6. The third kappa shape index (κ3) is 4.46. The summed E-state index contributed by atoms with van der Waals surface area (Å²) < 4.78 is 0. The fraction of sp³-hybridized carbons (Fsp3) is 0.933. The van der Waals surface area contributed by atoms with Crippen molar-refractivity contribution in [1.82, 2.24) is 15.1 Å². The minimum absolute atomic E-state index is 0.290. The van der Waals surface area contributed by atoms with Gasteiger partial charge in [0.1, 0.15) is 0 Å². The lowest BCUT2D eigenvalue weighted by Gasteiger charge is -2.37. The van der Waals surface area contributed by atoms with Crippen molar-refractivity contribution >= 4 is 5.91 Å². The minimum Gasteiger partial charge on any atom is -0.341 e. The van der Waals surface area contributed by atoms with Crippen molar-refractivity contribution in [2.24, 2.45) is 5.92 Å². The lowest BCUT2D eigenvalue weighted by atomic mass is 10.0.